The van der Waals surface area contributed by atoms with Crippen molar-refractivity contribution in [1.82, 2.24) is 0 Å². The minimum absolute atomic E-state index is 0.00320. The molecule has 0 unspecified atom stereocenters. The number of ether oxygens (including phenoxy) is 1. The summed E-state index contributed by atoms with van der Waals surface area (Å²) in [5, 5.41) is 14.5. The lowest BCUT2D eigenvalue weighted by Gasteiger charge is -2.27. The number of anilines is 1. The Balaban J connectivity index is 1.91. The standard InChI is InChI=1S/C27H33NO2/c1-26(2,3)20-16-19(25(29)22(17-20)27(4,5)6)18-28-23-14-10-11-15-24(23)30-21-12-8-7-9-13-21/h7-17,28-29H,18H2,1-6H3. The fourth-order valence-electron chi connectivity index (χ4n) is 3.34. The Bertz CT molecular complexity index is 996. The Hall–Kier alpha value is -2.94. The van der Waals surface area contributed by atoms with E-state index >= 15 is 0 Å². The summed E-state index contributed by atoms with van der Waals surface area (Å²) in [5.74, 6) is 1.91. The fraction of sp³-hybridized carbons (Fsp3) is 0.333. The van der Waals surface area contributed by atoms with Gasteiger partial charge in [-0.15, -0.1) is 0 Å². The predicted octanol–water partition coefficient (Wildman–Crippen LogP) is 7.39. The normalized spacial score (nSPS) is 11.9. The van der Waals surface area contributed by atoms with Crippen LogP contribution in [0.5, 0.6) is 17.2 Å². The van der Waals surface area contributed by atoms with Gasteiger partial charge in [0.25, 0.3) is 0 Å². The van der Waals surface area contributed by atoms with Crippen molar-refractivity contribution >= 4 is 5.69 Å². The summed E-state index contributed by atoms with van der Waals surface area (Å²) in [5.41, 5.74) is 3.82. The molecule has 0 spiro atoms. The van der Waals surface area contributed by atoms with Gasteiger partial charge in [0.15, 0.2) is 5.75 Å². The van der Waals surface area contributed by atoms with Crippen molar-refractivity contribution in [3.63, 3.8) is 0 Å². The zero-order chi connectivity index (χ0) is 21.9. The molecule has 3 nitrogen and oxygen atoms in total. The number of hydrogen-bond acceptors (Lipinski definition) is 3. The average Bonchev–Trinajstić information content (AvgIpc) is 2.67. The molecule has 0 aromatic heterocycles. The molecule has 3 rings (SSSR count). The third-order valence-corrected chi connectivity index (χ3v) is 5.19. The maximum Gasteiger partial charge on any atom is 0.150 e. The van der Waals surface area contributed by atoms with Crippen LogP contribution in [0.1, 0.15) is 58.2 Å². The van der Waals surface area contributed by atoms with Gasteiger partial charge in [-0.1, -0.05) is 77.9 Å². The largest absolute Gasteiger partial charge is 0.507 e. The first kappa shape index (κ1) is 21.8. The minimum Gasteiger partial charge on any atom is -0.507 e. The van der Waals surface area contributed by atoms with Crippen LogP contribution in [-0.2, 0) is 17.4 Å². The lowest BCUT2D eigenvalue weighted by molar-refractivity contribution is 0.438. The van der Waals surface area contributed by atoms with Crippen molar-refractivity contribution in [3.05, 3.63) is 83.4 Å². The Kier molecular flexibility index (Phi) is 6.12. The summed E-state index contributed by atoms with van der Waals surface area (Å²) in [6.45, 7) is 13.5. The Labute approximate surface area is 180 Å². The van der Waals surface area contributed by atoms with Gasteiger partial charge in [-0.2, -0.15) is 0 Å². The number of phenolic OH excluding ortho intramolecular Hbond substituents is 1. The van der Waals surface area contributed by atoms with Gasteiger partial charge in [-0.3, -0.25) is 0 Å². The number of aromatic hydroxyl groups is 1. The van der Waals surface area contributed by atoms with Crippen LogP contribution in [0, 0.1) is 0 Å². The monoisotopic (exact) mass is 403 g/mol. The molecule has 158 valence electrons. The van der Waals surface area contributed by atoms with E-state index in [1.165, 1.54) is 5.56 Å². The van der Waals surface area contributed by atoms with Crippen LogP contribution >= 0.6 is 0 Å². The van der Waals surface area contributed by atoms with Crippen molar-refractivity contribution in [2.45, 2.75) is 58.9 Å². The Morgan fingerprint density at radius 2 is 1.43 bits per heavy atom. The van der Waals surface area contributed by atoms with Crippen LogP contribution in [0.25, 0.3) is 0 Å². The predicted molar refractivity (Wildman–Crippen MR) is 126 cm³/mol. The molecule has 3 aromatic carbocycles. The number of nitrogens with one attached hydrogen (secondary N) is 1. The maximum atomic E-state index is 11.0. The number of para-hydroxylation sites is 3. The molecule has 0 aliphatic carbocycles. The number of benzene rings is 3. The molecule has 0 saturated carbocycles. The number of phenols is 1. The number of rotatable bonds is 5. The van der Waals surface area contributed by atoms with Crippen LogP contribution in [0.3, 0.4) is 0 Å². The van der Waals surface area contributed by atoms with Gasteiger partial charge < -0.3 is 15.2 Å². The Morgan fingerprint density at radius 3 is 2.07 bits per heavy atom. The van der Waals surface area contributed by atoms with E-state index in [1.54, 1.807) is 0 Å². The van der Waals surface area contributed by atoms with E-state index in [1.807, 2.05) is 54.6 Å². The molecule has 3 aromatic rings. The Morgan fingerprint density at radius 1 is 0.800 bits per heavy atom. The third-order valence-electron chi connectivity index (χ3n) is 5.19. The van der Waals surface area contributed by atoms with E-state index in [-0.39, 0.29) is 10.8 Å². The van der Waals surface area contributed by atoms with Crippen molar-refractivity contribution < 1.29 is 9.84 Å². The third kappa shape index (κ3) is 5.15. The average molecular weight is 404 g/mol. The second kappa shape index (κ2) is 8.43. The molecule has 30 heavy (non-hydrogen) atoms. The quantitative estimate of drug-likeness (QED) is 0.466. The van der Waals surface area contributed by atoms with Crippen LogP contribution in [0.4, 0.5) is 5.69 Å². The first-order valence-corrected chi connectivity index (χ1v) is 10.5. The lowest BCUT2D eigenvalue weighted by atomic mass is 9.79. The van der Waals surface area contributed by atoms with Crippen molar-refractivity contribution in [3.8, 4) is 17.2 Å². The van der Waals surface area contributed by atoms with Crippen LogP contribution in [0.15, 0.2) is 66.7 Å². The van der Waals surface area contributed by atoms with E-state index < -0.39 is 0 Å². The molecule has 0 aliphatic rings. The van der Waals surface area contributed by atoms with E-state index in [4.69, 9.17) is 4.74 Å². The summed E-state index contributed by atoms with van der Waals surface area (Å²) >= 11 is 0. The molecular formula is C27H33NO2. The number of hydrogen-bond donors (Lipinski definition) is 2. The van der Waals surface area contributed by atoms with Gasteiger partial charge in [0.2, 0.25) is 0 Å². The first-order valence-electron chi connectivity index (χ1n) is 10.5. The van der Waals surface area contributed by atoms with Gasteiger partial charge in [0, 0.05) is 12.1 Å². The van der Waals surface area contributed by atoms with E-state index in [0.29, 0.717) is 12.3 Å². The second-order valence-corrected chi connectivity index (χ2v) is 9.80. The molecule has 0 bridgehead atoms. The molecule has 2 N–H and O–H groups in total. The van der Waals surface area contributed by atoms with Crippen LogP contribution < -0.4 is 10.1 Å². The van der Waals surface area contributed by atoms with Crippen LogP contribution in [-0.4, -0.2) is 5.11 Å². The van der Waals surface area contributed by atoms with E-state index in [2.05, 4.69) is 59.0 Å². The van der Waals surface area contributed by atoms with Gasteiger partial charge in [-0.25, -0.2) is 0 Å². The minimum atomic E-state index is -0.144. The van der Waals surface area contributed by atoms with Gasteiger partial charge in [0.05, 0.1) is 5.69 Å². The zero-order valence-electron chi connectivity index (χ0n) is 18.9. The molecular weight excluding hydrogens is 370 g/mol. The maximum absolute atomic E-state index is 11.0. The molecule has 0 amide bonds. The molecule has 0 fully saturated rings. The van der Waals surface area contributed by atoms with Crippen LogP contribution in [0.2, 0.25) is 0 Å². The fourth-order valence-corrected chi connectivity index (χ4v) is 3.34. The summed E-state index contributed by atoms with van der Waals surface area (Å²) in [6, 6.07) is 21.9. The highest BCUT2D eigenvalue weighted by atomic mass is 16.5. The molecule has 0 radical (unpaired) electrons. The summed E-state index contributed by atoms with van der Waals surface area (Å²) < 4.78 is 6.06. The molecule has 0 aliphatic heterocycles. The van der Waals surface area contributed by atoms with E-state index in [0.717, 1.165) is 28.3 Å². The van der Waals surface area contributed by atoms with Crippen molar-refractivity contribution in [1.29, 1.82) is 0 Å². The highest BCUT2D eigenvalue weighted by Crippen LogP contribution is 2.38. The van der Waals surface area contributed by atoms with Gasteiger partial charge in [0.1, 0.15) is 11.5 Å². The molecule has 0 atom stereocenters. The van der Waals surface area contributed by atoms with Crippen molar-refractivity contribution in [2.24, 2.45) is 0 Å². The molecule has 3 heteroatoms. The first-order chi connectivity index (χ1) is 14.1. The van der Waals surface area contributed by atoms with E-state index in [9.17, 15) is 5.11 Å². The molecule has 0 heterocycles. The molecule has 0 saturated heterocycles. The SMILES string of the molecule is CC(C)(C)c1cc(CNc2ccccc2Oc2ccccc2)c(O)c(C(C)(C)C)c1. The van der Waals surface area contributed by atoms with Gasteiger partial charge >= 0.3 is 0 Å². The summed E-state index contributed by atoms with van der Waals surface area (Å²) in [7, 11) is 0. The summed E-state index contributed by atoms with van der Waals surface area (Å²) in [6.07, 6.45) is 0. The zero-order valence-corrected chi connectivity index (χ0v) is 18.9. The highest BCUT2D eigenvalue weighted by molar-refractivity contribution is 5.59. The topological polar surface area (TPSA) is 41.5 Å². The highest BCUT2D eigenvalue weighted by Gasteiger charge is 2.25. The van der Waals surface area contributed by atoms with Gasteiger partial charge in [-0.05, 0) is 52.3 Å². The second-order valence-electron chi connectivity index (χ2n) is 9.80. The summed E-state index contributed by atoms with van der Waals surface area (Å²) in [4.78, 5) is 0. The smallest absolute Gasteiger partial charge is 0.150 e. The van der Waals surface area contributed by atoms with Crippen molar-refractivity contribution in [2.75, 3.05) is 5.32 Å². The lowest BCUT2D eigenvalue weighted by Crippen LogP contribution is -2.18.